The number of para-hydroxylation sites is 2. The van der Waals surface area contributed by atoms with E-state index in [9.17, 15) is 0 Å². The number of aromatic nitrogens is 3. The van der Waals surface area contributed by atoms with Crippen LogP contribution in [0.25, 0.3) is 39.0 Å². The Labute approximate surface area is 221 Å². The number of imidazole rings is 1. The third kappa shape index (κ3) is 3.89. The van der Waals surface area contributed by atoms with Crippen molar-refractivity contribution >= 4 is 39.0 Å². The Bertz CT molecular complexity index is 1870. The van der Waals surface area contributed by atoms with E-state index in [0.29, 0.717) is 0 Å². The van der Waals surface area contributed by atoms with E-state index < -0.39 is 0 Å². The van der Waals surface area contributed by atoms with Gasteiger partial charge in [-0.2, -0.15) is 0 Å². The first-order chi connectivity index (χ1) is 18.8. The van der Waals surface area contributed by atoms with E-state index in [2.05, 4.69) is 118 Å². The Balaban J connectivity index is 1.42. The number of nitrogens with zero attached hydrogens (tertiary/aromatic N) is 4. The van der Waals surface area contributed by atoms with Gasteiger partial charge < -0.3 is 4.90 Å². The maximum absolute atomic E-state index is 5.03. The van der Waals surface area contributed by atoms with Crippen LogP contribution in [0.3, 0.4) is 0 Å². The first kappa shape index (κ1) is 22.0. The summed E-state index contributed by atoms with van der Waals surface area (Å²) in [6, 6.07) is 48.4. The third-order valence-electron chi connectivity index (χ3n) is 6.80. The van der Waals surface area contributed by atoms with Gasteiger partial charge in [-0.05, 0) is 71.4 Å². The monoisotopic (exact) mass is 488 g/mol. The van der Waals surface area contributed by atoms with Crippen molar-refractivity contribution in [1.29, 1.82) is 0 Å². The van der Waals surface area contributed by atoms with E-state index in [4.69, 9.17) is 4.98 Å². The van der Waals surface area contributed by atoms with Gasteiger partial charge in [0.1, 0.15) is 11.3 Å². The zero-order valence-corrected chi connectivity index (χ0v) is 20.6. The largest absolute Gasteiger partial charge is 0.310 e. The quantitative estimate of drug-likeness (QED) is 0.243. The van der Waals surface area contributed by atoms with Crippen LogP contribution in [0.2, 0.25) is 0 Å². The lowest BCUT2D eigenvalue weighted by Gasteiger charge is -2.26. The van der Waals surface area contributed by atoms with Crippen LogP contribution in [0.5, 0.6) is 0 Å². The summed E-state index contributed by atoms with van der Waals surface area (Å²) in [7, 11) is 0. The molecule has 0 radical (unpaired) electrons. The lowest BCUT2D eigenvalue weighted by Crippen LogP contribution is -2.10. The molecule has 0 amide bonds. The molecule has 2 aromatic heterocycles. The van der Waals surface area contributed by atoms with Crippen LogP contribution in [0.1, 0.15) is 0 Å². The first-order valence-electron chi connectivity index (χ1n) is 12.7. The molecule has 0 spiro atoms. The molecular weight excluding hydrogens is 464 g/mol. The van der Waals surface area contributed by atoms with Gasteiger partial charge in [0.2, 0.25) is 0 Å². The van der Waals surface area contributed by atoms with Crippen molar-refractivity contribution < 1.29 is 0 Å². The van der Waals surface area contributed by atoms with Crippen LogP contribution in [0.15, 0.2) is 146 Å². The second kappa shape index (κ2) is 9.34. The minimum atomic E-state index is 0.841. The minimum absolute atomic E-state index is 0.841. The highest BCUT2D eigenvalue weighted by molar-refractivity contribution is 5.90. The van der Waals surface area contributed by atoms with Crippen LogP contribution in [0, 0.1) is 0 Å². The van der Waals surface area contributed by atoms with E-state index in [1.807, 2.05) is 42.6 Å². The van der Waals surface area contributed by atoms with Crippen molar-refractivity contribution in [2.24, 2.45) is 0 Å². The smallest absolute Gasteiger partial charge is 0.164 e. The van der Waals surface area contributed by atoms with Crippen molar-refractivity contribution in [3.63, 3.8) is 0 Å². The van der Waals surface area contributed by atoms with Gasteiger partial charge in [0.25, 0.3) is 0 Å². The Morgan fingerprint density at radius 1 is 0.526 bits per heavy atom. The predicted octanol–water partition coefficient (Wildman–Crippen LogP) is 8.71. The zero-order chi connectivity index (χ0) is 25.3. The number of fused-ring (bicyclic) bond motifs is 2. The fourth-order valence-corrected chi connectivity index (χ4v) is 5.05. The maximum atomic E-state index is 5.03. The number of rotatable bonds is 5. The zero-order valence-electron chi connectivity index (χ0n) is 20.6. The molecular formula is C34H24N4. The Morgan fingerprint density at radius 2 is 1.24 bits per heavy atom. The molecule has 180 valence electrons. The number of hydrogen-bond acceptors (Lipinski definition) is 3. The summed E-state index contributed by atoms with van der Waals surface area (Å²) in [6.07, 6.45) is 1.82. The van der Waals surface area contributed by atoms with Crippen LogP contribution in [-0.2, 0) is 0 Å². The van der Waals surface area contributed by atoms with Crippen LogP contribution < -0.4 is 4.90 Å². The predicted molar refractivity (Wildman–Crippen MR) is 156 cm³/mol. The molecule has 7 rings (SSSR count). The summed E-state index contributed by atoms with van der Waals surface area (Å²) in [5.74, 6) is 0.860. The lowest BCUT2D eigenvalue weighted by molar-refractivity contribution is 1.08. The molecule has 0 aliphatic carbocycles. The number of benzene rings is 5. The molecule has 0 N–H and O–H groups in total. The topological polar surface area (TPSA) is 34.0 Å². The molecule has 0 saturated carbocycles. The van der Waals surface area contributed by atoms with Crippen LogP contribution >= 0.6 is 0 Å². The summed E-state index contributed by atoms with van der Waals surface area (Å²) in [5, 5.41) is 2.43. The number of pyridine rings is 1. The van der Waals surface area contributed by atoms with Crippen molar-refractivity contribution in [1.82, 2.24) is 14.5 Å². The van der Waals surface area contributed by atoms with Gasteiger partial charge in [-0.1, -0.05) is 78.9 Å². The molecule has 0 bridgehead atoms. The fourth-order valence-electron chi connectivity index (χ4n) is 5.05. The van der Waals surface area contributed by atoms with Crippen molar-refractivity contribution in [2.45, 2.75) is 0 Å². The second-order valence-corrected chi connectivity index (χ2v) is 9.21. The molecule has 2 heterocycles. The van der Waals surface area contributed by atoms with E-state index in [-0.39, 0.29) is 0 Å². The molecule has 0 atom stereocenters. The summed E-state index contributed by atoms with van der Waals surface area (Å²) >= 11 is 0. The molecule has 38 heavy (non-hydrogen) atoms. The van der Waals surface area contributed by atoms with Gasteiger partial charge in [-0.3, -0.25) is 4.57 Å². The molecule has 4 heteroatoms. The van der Waals surface area contributed by atoms with Gasteiger partial charge in [-0.15, -0.1) is 0 Å². The third-order valence-corrected chi connectivity index (χ3v) is 6.80. The SMILES string of the molecule is c1ccc(N(c2cccc(-c3nc4cccnc4n3-c3ccccc3)c2)c2ccc3ccccc3c2)cc1. The molecule has 0 unspecified atom stereocenters. The fraction of sp³-hybridized carbons (Fsp3) is 0. The average Bonchev–Trinajstić information content (AvgIpc) is 3.38. The Morgan fingerprint density at radius 3 is 2.08 bits per heavy atom. The molecule has 7 aromatic rings. The summed E-state index contributed by atoms with van der Waals surface area (Å²) in [6.45, 7) is 0. The van der Waals surface area contributed by atoms with Crippen molar-refractivity contribution in [3.8, 4) is 17.1 Å². The van der Waals surface area contributed by atoms with Gasteiger partial charge in [0.05, 0.1) is 0 Å². The van der Waals surface area contributed by atoms with Gasteiger partial charge in [-0.25, -0.2) is 9.97 Å². The molecule has 0 aliphatic rings. The van der Waals surface area contributed by atoms with Crippen LogP contribution in [-0.4, -0.2) is 14.5 Å². The average molecular weight is 489 g/mol. The normalized spacial score (nSPS) is 11.2. The Hall–Kier alpha value is -5.22. The van der Waals surface area contributed by atoms with Crippen molar-refractivity contribution in [2.75, 3.05) is 4.90 Å². The van der Waals surface area contributed by atoms with E-state index in [0.717, 1.165) is 45.3 Å². The minimum Gasteiger partial charge on any atom is -0.310 e. The maximum Gasteiger partial charge on any atom is 0.164 e. The highest BCUT2D eigenvalue weighted by Crippen LogP contribution is 2.38. The van der Waals surface area contributed by atoms with Crippen molar-refractivity contribution in [3.05, 3.63) is 146 Å². The highest BCUT2D eigenvalue weighted by atomic mass is 15.2. The second-order valence-electron chi connectivity index (χ2n) is 9.21. The van der Waals surface area contributed by atoms with Gasteiger partial charge in [0, 0.05) is 34.5 Å². The first-order valence-corrected chi connectivity index (χ1v) is 12.7. The summed E-state index contributed by atoms with van der Waals surface area (Å²) < 4.78 is 2.14. The lowest BCUT2D eigenvalue weighted by atomic mass is 10.1. The molecule has 0 fully saturated rings. The molecule has 4 nitrogen and oxygen atoms in total. The molecule has 0 saturated heterocycles. The van der Waals surface area contributed by atoms with Gasteiger partial charge in [0.15, 0.2) is 5.65 Å². The highest BCUT2D eigenvalue weighted by Gasteiger charge is 2.18. The standard InChI is InChI=1S/C34H24N4/c1-3-14-28(15-4-1)37(31-21-20-25-11-7-8-12-26(25)23-31)30-18-9-13-27(24-30)33-36-32-19-10-22-35-34(32)38(33)29-16-5-2-6-17-29/h1-24H. The van der Waals surface area contributed by atoms with Gasteiger partial charge >= 0.3 is 0 Å². The van der Waals surface area contributed by atoms with E-state index >= 15 is 0 Å². The van der Waals surface area contributed by atoms with E-state index in [1.165, 1.54) is 10.8 Å². The van der Waals surface area contributed by atoms with E-state index in [1.54, 1.807) is 0 Å². The molecule has 5 aromatic carbocycles. The summed E-state index contributed by atoms with van der Waals surface area (Å²) in [4.78, 5) is 12.0. The number of anilines is 3. The Kier molecular flexibility index (Phi) is 5.41. The molecule has 0 aliphatic heterocycles. The summed E-state index contributed by atoms with van der Waals surface area (Å²) in [5.41, 5.74) is 7.02. The van der Waals surface area contributed by atoms with Crippen LogP contribution in [0.4, 0.5) is 17.1 Å². The number of hydrogen-bond donors (Lipinski definition) is 0.